The van der Waals surface area contributed by atoms with Crippen LogP contribution in [-0.2, 0) is 4.79 Å². The number of rotatable bonds is 5. The highest BCUT2D eigenvalue weighted by Crippen LogP contribution is 2.09. The van der Waals surface area contributed by atoms with Gasteiger partial charge in [-0.15, -0.1) is 0 Å². The van der Waals surface area contributed by atoms with Crippen molar-refractivity contribution in [3.8, 4) is 0 Å². The van der Waals surface area contributed by atoms with E-state index in [9.17, 15) is 4.79 Å². The molecular weight excluding hydrogens is 262 g/mol. The number of benzene rings is 1. The summed E-state index contributed by atoms with van der Waals surface area (Å²) in [4.78, 5) is 16.0. The van der Waals surface area contributed by atoms with E-state index in [2.05, 4.69) is 10.4 Å². The number of hydrogen-bond acceptors (Lipinski definition) is 3. The van der Waals surface area contributed by atoms with Crippen LogP contribution in [0.25, 0.3) is 6.08 Å². The van der Waals surface area contributed by atoms with Crippen LogP contribution in [0.4, 0.5) is 5.69 Å². The minimum atomic E-state index is -0.208. The first kappa shape index (κ1) is 14.5. The molecular formula is C17H17N3O. The second-order valence-corrected chi connectivity index (χ2v) is 4.28. The van der Waals surface area contributed by atoms with Gasteiger partial charge in [0.2, 0.25) is 0 Å². The zero-order valence-electron chi connectivity index (χ0n) is 11.8. The molecule has 2 aromatic rings. The van der Waals surface area contributed by atoms with Gasteiger partial charge in [-0.25, -0.2) is 0 Å². The topological polar surface area (TPSA) is 45.2 Å². The Morgan fingerprint density at radius 3 is 2.67 bits per heavy atom. The van der Waals surface area contributed by atoms with Crippen LogP contribution < -0.4 is 10.4 Å². The number of carbonyl (C=O) groups is 1. The van der Waals surface area contributed by atoms with E-state index in [4.69, 9.17) is 0 Å². The predicted molar refractivity (Wildman–Crippen MR) is 85.1 cm³/mol. The lowest BCUT2D eigenvalue weighted by atomic mass is 10.2. The number of pyridine rings is 1. The van der Waals surface area contributed by atoms with Gasteiger partial charge in [0.05, 0.1) is 11.9 Å². The summed E-state index contributed by atoms with van der Waals surface area (Å²) in [6.07, 6.45) is 10.3. The number of hydrogen-bond donors (Lipinski definition) is 1. The molecule has 0 atom stereocenters. The quantitative estimate of drug-likeness (QED) is 0.675. The first-order valence-electron chi connectivity index (χ1n) is 6.65. The lowest BCUT2D eigenvalue weighted by Crippen LogP contribution is -2.37. The van der Waals surface area contributed by atoms with Crippen LogP contribution in [0.5, 0.6) is 0 Å². The minimum Gasteiger partial charge on any atom is -0.268 e. The maximum atomic E-state index is 12.0. The van der Waals surface area contributed by atoms with E-state index in [1.807, 2.05) is 55.5 Å². The molecule has 0 aliphatic heterocycles. The summed E-state index contributed by atoms with van der Waals surface area (Å²) >= 11 is 0. The van der Waals surface area contributed by atoms with Crippen LogP contribution in [-0.4, -0.2) is 10.9 Å². The molecule has 4 nitrogen and oxygen atoms in total. The Morgan fingerprint density at radius 1 is 1.19 bits per heavy atom. The summed E-state index contributed by atoms with van der Waals surface area (Å²) in [5.74, 6) is -0.208. The largest absolute Gasteiger partial charge is 0.268 e. The van der Waals surface area contributed by atoms with Crippen molar-refractivity contribution in [1.82, 2.24) is 10.4 Å². The van der Waals surface area contributed by atoms with Gasteiger partial charge in [0.25, 0.3) is 5.91 Å². The van der Waals surface area contributed by atoms with E-state index in [0.29, 0.717) is 0 Å². The molecule has 2 rings (SSSR count). The second-order valence-electron chi connectivity index (χ2n) is 4.28. The molecule has 1 amide bonds. The molecule has 1 aromatic carbocycles. The van der Waals surface area contributed by atoms with Crippen molar-refractivity contribution in [2.75, 3.05) is 5.01 Å². The molecule has 0 fully saturated rings. The van der Waals surface area contributed by atoms with Gasteiger partial charge in [-0.2, -0.15) is 0 Å². The number of nitrogens with one attached hydrogen (secondary N) is 1. The maximum Gasteiger partial charge on any atom is 0.262 e. The van der Waals surface area contributed by atoms with E-state index >= 15 is 0 Å². The van der Waals surface area contributed by atoms with Crippen molar-refractivity contribution in [1.29, 1.82) is 0 Å². The lowest BCUT2D eigenvalue weighted by Gasteiger charge is -2.19. The van der Waals surface area contributed by atoms with Gasteiger partial charge in [0.15, 0.2) is 0 Å². The lowest BCUT2D eigenvalue weighted by molar-refractivity contribution is -0.116. The van der Waals surface area contributed by atoms with E-state index in [1.165, 1.54) is 6.08 Å². The fourth-order valence-electron chi connectivity index (χ4n) is 1.73. The van der Waals surface area contributed by atoms with Gasteiger partial charge in [0.1, 0.15) is 0 Å². The molecule has 0 radical (unpaired) electrons. The fraction of sp³-hybridized carbons (Fsp3) is 0.0588. The normalized spacial score (nSPS) is 10.9. The maximum absolute atomic E-state index is 12.0. The SMILES string of the molecule is CC=CN(NC(=O)C=Cc1ccccc1)c1cccnc1. The number of allylic oxidation sites excluding steroid dienone is 1. The molecule has 0 saturated heterocycles. The van der Waals surface area contributed by atoms with Crippen LogP contribution in [0.2, 0.25) is 0 Å². The number of anilines is 1. The Bertz CT molecular complexity index is 621. The summed E-state index contributed by atoms with van der Waals surface area (Å²) in [5.41, 5.74) is 4.55. The fourth-order valence-corrected chi connectivity index (χ4v) is 1.73. The highest BCUT2D eigenvalue weighted by atomic mass is 16.2. The van der Waals surface area contributed by atoms with Gasteiger partial charge in [-0.05, 0) is 30.7 Å². The standard InChI is InChI=1S/C17H17N3O/c1-2-13-20(16-9-6-12-18-14-16)19-17(21)11-10-15-7-4-3-5-8-15/h2-14H,1H3,(H,19,21). The summed E-state index contributed by atoms with van der Waals surface area (Å²) in [6.45, 7) is 1.88. The van der Waals surface area contributed by atoms with Crippen molar-refractivity contribution in [2.24, 2.45) is 0 Å². The third-order valence-corrected chi connectivity index (χ3v) is 2.68. The highest BCUT2D eigenvalue weighted by Gasteiger charge is 2.04. The van der Waals surface area contributed by atoms with Gasteiger partial charge < -0.3 is 0 Å². The monoisotopic (exact) mass is 279 g/mol. The number of carbonyl (C=O) groups excluding carboxylic acids is 1. The van der Waals surface area contributed by atoms with Gasteiger partial charge in [-0.1, -0.05) is 36.4 Å². The molecule has 0 bridgehead atoms. The number of nitrogens with zero attached hydrogens (tertiary/aromatic N) is 2. The van der Waals surface area contributed by atoms with E-state index in [0.717, 1.165) is 11.3 Å². The van der Waals surface area contributed by atoms with Crippen molar-refractivity contribution in [3.63, 3.8) is 0 Å². The number of aromatic nitrogens is 1. The third kappa shape index (κ3) is 4.62. The van der Waals surface area contributed by atoms with Crippen molar-refractivity contribution in [3.05, 3.63) is 78.8 Å². The van der Waals surface area contributed by atoms with Crippen molar-refractivity contribution < 1.29 is 4.79 Å². The summed E-state index contributed by atoms with van der Waals surface area (Å²) in [6, 6.07) is 13.4. The van der Waals surface area contributed by atoms with Crippen LogP contribution in [0.1, 0.15) is 12.5 Å². The first-order chi connectivity index (χ1) is 10.3. The number of hydrazine groups is 1. The Labute approximate surface area is 124 Å². The predicted octanol–water partition coefficient (Wildman–Crippen LogP) is 3.17. The Balaban J connectivity index is 2.04. The summed E-state index contributed by atoms with van der Waals surface area (Å²) < 4.78 is 0. The average Bonchev–Trinajstić information content (AvgIpc) is 2.54. The van der Waals surface area contributed by atoms with Crippen LogP contribution in [0.3, 0.4) is 0 Å². The Hall–Kier alpha value is -2.88. The molecule has 0 unspecified atom stereocenters. The van der Waals surface area contributed by atoms with E-state index in [1.54, 1.807) is 29.7 Å². The Morgan fingerprint density at radius 2 is 2.00 bits per heavy atom. The van der Waals surface area contributed by atoms with Gasteiger partial charge in [0, 0.05) is 18.5 Å². The molecule has 0 spiro atoms. The van der Waals surface area contributed by atoms with E-state index < -0.39 is 0 Å². The average molecular weight is 279 g/mol. The van der Waals surface area contributed by atoms with Gasteiger partial charge in [-0.3, -0.25) is 20.2 Å². The molecule has 1 aromatic heterocycles. The van der Waals surface area contributed by atoms with Crippen LogP contribution in [0, 0.1) is 0 Å². The highest BCUT2D eigenvalue weighted by molar-refractivity contribution is 5.92. The molecule has 4 heteroatoms. The second kappa shape index (κ2) is 7.65. The first-order valence-corrected chi connectivity index (χ1v) is 6.65. The molecule has 106 valence electrons. The zero-order chi connectivity index (χ0) is 14.9. The third-order valence-electron chi connectivity index (χ3n) is 2.68. The minimum absolute atomic E-state index is 0.208. The molecule has 0 saturated carbocycles. The smallest absolute Gasteiger partial charge is 0.262 e. The summed E-state index contributed by atoms with van der Waals surface area (Å²) in [5, 5.41) is 1.63. The molecule has 0 aliphatic rings. The van der Waals surface area contributed by atoms with Crippen molar-refractivity contribution >= 4 is 17.7 Å². The zero-order valence-corrected chi connectivity index (χ0v) is 11.8. The molecule has 0 aliphatic carbocycles. The van der Waals surface area contributed by atoms with Crippen LogP contribution in [0.15, 0.2) is 73.2 Å². The Kier molecular flexibility index (Phi) is 5.29. The molecule has 1 heterocycles. The number of amides is 1. The van der Waals surface area contributed by atoms with Crippen LogP contribution >= 0.6 is 0 Å². The van der Waals surface area contributed by atoms with Crippen molar-refractivity contribution in [2.45, 2.75) is 6.92 Å². The summed E-state index contributed by atoms with van der Waals surface area (Å²) in [7, 11) is 0. The molecule has 1 N–H and O–H groups in total. The molecule has 21 heavy (non-hydrogen) atoms. The van der Waals surface area contributed by atoms with E-state index in [-0.39, 0.29) is 5.91 Å². The van der Waals surface area contributed by atoms with Gasteiger partial charge >= 0.3 is 0 Å².